The largest absolute Gasteiger partial charge is 0.324 e. The molecule has 6 nitrogen and oxygen atoms in total. The summed E-state index contributed by atoms with van der Waals surface area (Å²) in [6.07, 6.45) is 2.19. The Kier molecular flexibility index (Phi) is 4.80. The summed E-state index contributed by atoms with van der Waals surface area (Å²) in [4.78, 5) is 13.0. The molecule has 4 rings (SSSR count). The fourth-order valence-electron chi connectivity index (χ4n) is 2.95. The lowest BCUT2D eigenvalue weighted by molar-refractivity contribution is 0.610. The van der Waals surface area contributed by atoms with Crippen molar-refractivity contribution in [2.45, 2.75) is 20.3 Å². The van der Waals surface area contributed by atoms with Crippen molar-refractivity contribution in [3.8, 4) is 5.69 Å². The fraction of sp³-hybridized carbons (Fsp3) is 0.143. The zero-order chi connectivity index (χ0) is 19.5. The normalized spacial score (nSPS) is 10.8. The van der Waals surface area contributed by atoms with Crippen LogP contribution in [0.4, 0.5) is 16.0 Å². The van der Waals surface area contributed by atoms with Crippen molar-refractivity contribution >= 4 is 11.6 Å². The first-order valence-corrected chi connectivity index (χ1v) is 8.90. The first-order valence-electron chi connectivity index (χ1n) is 8.90. The van der Waals surface area contributed by atoms with Gasteiger partial charge in [0.1, 0.15) is 17.8 Å². The van der Waals surface area contributed by atoms with Crippen LogP contribution in [-0.2, 0) is 6.42 Å². The second-order valence-corrected chi connectivity index (χ2v) is 6.51. The van der Waals surface area contributed by atoms with Crippen LogP contribution >= 0.6 is 0 Å². The van der Waals surface area contributed by atoms with E-state index >= 15 is 0 Å². The fourth-order valence-corrected chi connectivity index (χ4v) is 2.95. The quantitative estimate of drug-likeness (QED) is 0.568. The van der Waals surface area contributed by atoms with E-state index in [4.69, 9.17) is 0 Å². The van der Waals surface area contributed by atoms with Crippen molar-refractivity contribution in [1.82, 2.24) is 24.7 Å². The summed E-state index contributed by atoms with van der Waals surface area (Å²) in [5.74, 6) is 0.613. The lowest BCUT2D eigenvalue weighted by atomic mass is 10.1. The Morgan fingerprint density at radius 3 is 2.54 bits per heavy atom. The predicted molar refractivity (Wildman–Crippen MR) is 105 cm³/mol. The molecule has 2 aromatic heterocycles. The number of hydrogen-bond donors (Lipinski definition) is 1. The van der Waals surface area contributed by atoms with Gasteiger partial charge in [-0.15, -0.1) is 0 Å². The minimum atomic E-state index is -0.410. The van der Waals surface area contributed by atoms with E-state index in [9.17, 15) is 4.39 Å². The highest BCUT2D eigenvalue weighted by molar-refractivity contribution is 5.56. The summed E-state index contributed by atoms with van der Waals surface area (Å²) < 4.78 is 15.9. The molecule has 0 aliphatic rings. The number of nitrogens with one attached hydrogen (secondary N) is 1. The van der Waals surface area contributed by atoms with Crippen LogP contribution in [0.2, 0.25) is 0 Å². The summed E-state index contributed by atoms with van der Waals surface area (Å²) >= 11 is 0. The van der Waals surface area contributed by atoms with E-state index in [0.29, 0.717) is 29.6 Å². The second-order valence-electron chi connectivity index (χ2n) is 6.51. The maximum absolute atomic E-state index is 14.5. The summed E-state index contributed by atoms with van der Waals surface area (Å²) in [6, 6.07) is 16.9. The molecule has 0 aliphatic carbocycles. The Hall–Kier alpha value is -3.61. The minimum absolute atomic E-state index is 0.334. The third kappa shape index (κ3) is 4.03. The van der Waals surface area contributed by atoms with E-state index in [0.717, 1.165) is 11.4 Å². The Bertz CT molecular complexity index is 1110. The lowest BCUT2D eigenvalue weighted by Crippen LogP contribution is -2.04. The Morgan fingerprint density at radius 2 is 1.82 bits per heavy atom. The van der Waals surface area contributed by atoms with Gasteiger partial charge in [-0.05, 0) is 43.7 Å². The molecular weight excluding hydrogens is 355 g/mol. The highest BCUT2D eigenvalue weighted by atomic mass is 19.1. The van der Waals surface area contributed by atoms with Crippen LogP contribution in [-0.4, -0.2) is 24.7 Å². The zero-order valence-electron chi connectivity index (χ0n) is 15.6. The van der Waals surface area contributed by atoms with E-state index in [2.05, 4.69) is 37.5 Å². The highest BCUT2D eigenvalue weighted by Crippen LogP contribution is 2.20. The van der Waals surface area contributed by atoms with Gasteiger partial charge in [-0.25, -0.2) is 24.0 Å². The van der Waals surface area contributed by atoms with Gasteiger partial charge in [0.15, 0.2) is 5.82 Å². The van der Waals surface area contributed by atoms with Crippen LogP contribution in [0.3, 0.4) is 0 Å². The topological polar surface area (TPSA) is 68.5 Å². The van der Waals surface area contributed by atoms with Crippen molar-refractivity contribution in [3.63, 3.8) is 0 Å². The van der Waals surface area contributed by atoms with Crippen molar-refractivity contribution in [2.24, 2.45) is 0 Å². The van der Waals surface area contributed by atoms with Crippen molar-refractivity contribution in [3.05, 3.63) is 89.5 Å². The van der Waals surface area contributed by atoms with Gasteiger partial charge in [-0.1, -0.05) is 30.3 Å². The molecule has 0 unspecified atom stereocenters. The molecule has 1 N–H and O–H groups in total. The molecule has 0 saturated carbocycles. The number of halogens is 1. The molecule has 28 heavy (non-hydrogen) atoms. The molecule has 7 heteroatoms. The summed E-state index contributed by atoms with van der Waals surface area (Å²) in [7, 11) is 0. The number of aromatic nitrogens is 5. The average Bonchev–Trinajstić information content (AvgIpc) is 3.08. The number of benzene rings is 2. The van der Waals surface area contributed by atoms with Crippen LogP contribution < -0.4 is 5.32 Å². The van der Waals surface area contributed by atoms with Crippen molar-refractivity contribution < 1.29 is 4.39 Å². The number of anilines is 2. The van der Waals surface area contributed by atoms with E-state index in [1.54, 1.807) is 19.1 Å². The first kappa shape index (κ1) is 17.8. The number of hydrogen-bond acceptors (Lipinski definition) is 5. The van der Waals surface area contributed by atoms with Crippen molar-refractivity contribution in [1.29, 1.82) is 0 Å². The summed E-state index contributed by atoms with van der Waals surface area (Å²) in [5.41, 5.74) is 3.82. The van der Waals surface area contributed by atoms with Crippen LogP contribution in [0.15, 0.2) is 60.9 Å². The standard InChI is InChI=1S/C21H19FN6/c1-14-10-18(11-16-6-4-3-5-7-16)26-21(24-14)25-17-8-9-20(19(22)12-17)28-13-23-15(2)27-28/h3-10,12-13H,11H2,1-2H3,(H,24,25,26). The maximum Gasteiger partial charge on any atom is 0.227 e. The van der Waals surface area contributed by atoms with Crippen LogP contribution in [0.1, 0.15) is 22.8 Å². The maximum atomic E-state index is 14.5. The molecule has 0 bridgehead atoms. The lowest BCUT2D eigenvalue weighted by Gasteiger charge is -2.10. The van der Waals surface area contributed by atoms with E-state index < -0.39 is 5.82 Å². The second kappa shape index (κ2) is 7.56. The van der Waals surface area contributed by atoms with Gasteiger partial charge in [0.05, 0.1) is 5.69 Å². The van der Waals surface area contributed by atoms with Gasteiger partial charge < -0.3 is 5.32 Å². The van der Waals surface area contributed by atoms with Crippen molar-refractivity contribution in [2.75, 3.05) is 5.32 Å². The molecule has 140 valence electrons. The summed E-state index contributed by atoms with van der Waals surface area (Å²) in [5, 5.41) is 7.23. The number of rotatable bonds is 5. The SMILES string of the molecule is Cc1cc(Cc2ccccc2)nc(Nc2ccc(-n3cnc(C)n3)c(F)c2)n1. The molecule has 0 amide bonds. The van der Waals surface area contributed by atoms with Gasteiger partial charge in [0.25, 0.3) is 0 Å². The molecule has 2 heterocycles. The van der Waals surface area contributed by atoms with Gasteiger partial charge in [0, 0.05) is 17.8 Å². The molecule has 0 spiro atoms. The predicted octanol–water partition coefficient (Wildman–Crippen LogP) is 4.15. The molecule has 0 fully saturated rings. The van der Waals surface area contributed by atoms with Crippen LogP contribution in [0.25, 0.3) is 5.69 Å². The molecule has 2 aromatic carbocycles. The smallest absolute Gasteiger partial charge is 0.227 e. The van der Waals surface area contributed by atoms with Crippen LogP contribution in [0.5, 0.6) is 0 Å². The molecule has 0 saturated heterocycles. The third-order valence-corrected chi connectivity index (χ3v) is 4.19. The summed E-state index contributed by atoms with van der Waals surface area (Å²) in [6.45, 7) is 3.67. The van der Waals surface area contributed by atoms with E-state index in [1.165, 1.54) is 22.6 Å². The minimum Gasteiger partial charge on any atom is -0.324 e. The molecule has 0 aliphatic heterocycles. The van der Waals surface area contributed by atoms with Crippen LogP contribution in [0, 0.1) is 19.7 Å². The molecule has 0 radical (unpaired) electrons. The van der Waals surface area contributed by atoms with Gasteiger partial charge in [0.2, 0.25) is 5.95 Å². The Balaban J connectivity index is 1.56. The highest BCUT2D eigenvalue weighted by Gasteiger charge is 2.09. The van der Waals surface area contributed by atoms with Gasteiger partial charge in [-0.3, -0.25) is 0 Å². The molecular formula is C21H19FN6. The third-order valence-electron chi connectivity index (χ3n) is 4.19. The molecule has 0 atom stereocenters. The zero-order valence-corrected chi connectivity index (χ0v) is 15.6. The van der Waals surface area contributed by atoms with E-state index in [1.807, 2.05) is 31.2 Å². The van der Waals surface area contributed by atoms with Gasteiger partial charge >= 0.3 is 0 Å². The monoisotopic (exact) mass is 374 g/mol. The average molecular weight is 374 g/mol. The molecule has 4 aromatic rings. The number of nitrogens with zero attached hydrogens (tertiary/aromatic N) is 5. The van der Waals surface area contributed by atoms with E-state index in [-0.39, 0.29) is 0 Å². The Morgan fingerprint density at radius 1 is 1.00 bits per heavy atom. The van der Waals surface area contributed by atoms with Gasteiger partial charge in [-0.2, -0.15) is 5.10 Å². The Labute approximate surface area is 162 Å². The first-order chi connectivity index (χ1) is 13.6. The number of aryl methyl sites for hydroxylation is 2.